The molecule has 0 aliphatic carbocycles. The predicted octanol–water partition coefficient (Wildman–Crippen LogP) is 1.11. The van der Waals surface area contributed by atoms with Crippen molar-refractivity contribution in [3.8, 4) is 0 Å². The van der Waals surface area contributed by atoms with Crippen molar-refractivity contribution >= 4 is 27.2 Å². The van der Waals surface area contributed by atoms with E-state index in [4.69, 9.17) is 17.0 Å². The highest BCUT2D eigenvalue weighted by atomic mass is 32.2. The molecule has 0 aromatic rings. The van der Waals surface area contributed by atoms with E-state index in [0.29, 0.717) is 24.1 Å². The summed E-state index contributed by atoms with van der Waals surface area (Å²) in [6.45, 7) is 6.48. The number of rotatable bonds is 3. The molecule has 1 fully saturated rings. The smallest absolute Gasteiger partial charge is 0.257 e. The number of thiocarbonyl (C=S) groups is 1. The summed E-state index contributed by atoms with van der Waals surface area (Å²) < 4.78 is 28.1. The molecule has 1 aliphatic heterocycles. The Hall–Kier alpha value is -0.360. The van der Waals surface area contributed by atoms with Crippen molar-refractivity contribution in [2.45, 2.75) is 32.7 Å². The number of hydrogen-bond acceptors (Lipinski definition) is 4. The molecule has 1 rings (SSSR count). The van der Waals surface area contributed by atoms with Gasteiger partial charge in [0.15, 0.2) is 9.84 Å². The van der Waals surface area contributed by atoms with Crippen LogP contribution in [0.25, 0.3) is 0 Å². The van der Waals surface area contributed by atoms with E-state index in [1.807, 2.05) is 20.8 Å². The van der Waals surface area contributed by atoms with E-state index in [9.17, 15) is 8.42 Å². The van der Waals surface area contributed by atoms with Crippen molar-refractivity contribution in [1.82, 2.24) is 5.32 Å². The molecular formula is C10H19NO3S2. The molecule has 0 radical (unpaired) electrons. The number of nitrogens with one attached hydrogen (secondary N) is 1. The topological polar surface area (TPSA) is 55.4 Å². The van der Waals surface area contributed by atoms with Gasteiger partial charge in [-0.05, 0) is 31.5 Å². The molecule has 0 bridgehead atoms. The molecular weight excluding hydrogens is 246 g/mol. The van der Waals surface area contributed by atoms with Crippen molar-refractivity contribution in [2.24, 2.45) is 5.92 Å². The molecule has 4 nitrogen and oxygen atoms in total. The quantitative estimate of drug-likeness (QED) is 0.775. The first-order valence-electron chi connectivity index (χ1n) is 5.38. The average molecular weight is 265 g/mol. The fourth-order valence-electron chi connectivity index (χ4n) is 1.63. The van der Waals surface area contributed by atoms with E-state index in [1.165, 1.54) is 0 Å². The van der Waals surface area contributed by atoms with E-state index in [-0.39, 0.29) is 11.5 Å². The van der Waals surface area contributed by atoms with Crippen molar-refractivity contribution < 1.29 is 13.2 Å². The minimum atomic E-state index is -2.91. The summed E-state index contributed by atoms with van der Waals surface area (Å²) in [6.07, 6.45) is 0.584. The Morgan fingerprint density at radius 2 is 2.19 bits per heavy atom. The molecule has 1 atom stereocenters. The van der Waals surface area contributed by atoms with Gasteiger partial charge in [-0.25, -0.2) is 8.42 Å². The SMILES string of the molecule is CC(C)COC(=S)NC1(C)CCS(=O)(=O)C1. The van der Waals surface area contributed by atoms with E-state index in [1.54, 1.807) is 0 Å². The molecule has 0 aromatic heterocycles. The monoisotopic (exact) mass is 265 g/mol. The largest absolute Gasteiger partial charge is 0.471 e. The van der Waals surface area contributed by atoms with E-state index in [2.05, 4.69) is 5.32 Å². The first-order chi connectivity index (χ1) is 7.22. The van der Waals surface area contributed by atoms with E-state index < -0.39 is 15.4 Å². The lowest BCUT2D eigenvalue weighted by Gasteiger charge is -2.25. The van der Waals surface area contributed by atoms with Crippen LogP contribution in [0.2, 0.25) is 0 Å². The van der Waals surface area contributed by atoms with Gasteiger partial charge in [-0.15, -0.1) is 0 Å². The van der Waals surface area contributed by atoms with Crippen LogP contribution in [0.15, 0.2) is 0 Å². The number of sulfone groups is 1. The predicted molar refractivity (Wildman–Crippen MR) is 68.2 cm³/mol. The van der Waals surface area contributed by atoms with E-state index in [0.717, 1.165) is 0 Å². The van der Waals surface area contributed by atoms with Crippen molar-refractivity contribution in [2.75, 3.05) is 18.1 Å². The Bertz CT molecular complexity index is 364. The van der Waals surface area contributed by atoms with Crippen LogP contribution in [0.5, 0.6) is 0 Å². The second-order valence-corrected chi connectivity index (χ2v) is 7.57. The third-order valence-electron chi connectivity index (χ3n) is 2.45. The Balaban J connectivity index is 2.45. The summed E-state index contributed by atoms with van der Waals surface area (Å²) in [5.74, 6) is 0.758. The number of hydrogen-bond donors (Lipinski definition) is 1. The van der Waals surface area contributed by atoms with Crippen molar-refractivity contribution in [3.05, 3.63) is 0 Å². The molecule has 1 unspecified atom stereocenters. The normalized spacial score (nSPS) is 28.0. The van der Waals surface area contributed by atoms with Crippen LogP contribution in [0.3, 0.4) is 0 Å². The van der Waals surface area contributed by atoms with Gasteiger partial charge in [-0.3, -0.25) is 0 Å². The summed E-state index contributed by atoms with van der Waals surface area (Å²) in [5.41, 5.74) is -0.465. The lowest BCUT2D eigenvalue weighted by Crippen LogP contribution is -2.47. The average Bonchev–Trinajstić information content (AvgIpc) is 2.37. The molecule has 94 valence electrons. The molecule has 1 aliphatic rings. The van der Waals surface area contributed by atoms with Crippen LogP contribution in [0.1, 0.15) is 27.2 Å². The first kappa shape index (κ1) is 13.7. The van der Waals surface area contributed by atoms with Crippen LogP contribution in [0, 0.1) is 5.92 Å². The van der Waals surface area contributed by atoms with Gasteiger partial charge in [0.1, 0.15) is 0 Å². The molecule has 6 heteroatoms. The fraction of sp³-hybridized carbons (Fsp3) is 0.900. The second kappa shape index (κ2) is 4.87. The Morgan fingerprint density at radius 1 is 1.56 bits per heavy atom. The maximum Gasteiger partial charge on any atom is 0.257 e. The first-order valence-corrected chi connectivity index (χ1v) is 7.61. The summed E-state index contributed by atoms with van der Waals surface area (Å²) in [4.78, 5) is 0. The molecule has 1 heterocycles. The molecule has 0 spiro atoms. The van der Waals surface area contributed by atoms with Gasteiger partial charge in [-0.1, -0.05) is 13.8 Å². The zero-order valence-electron chi connectivity index (χ0n) is 9.95. The Morgan fingerprint density at radius 3 is 2.62 bits per heavy atom. The van der Waals surface area contributed by atoms with Gasteiger partial charge in [-0.2, -0.15) is 0 Å². The van der Waals surface area contributed by atoms with Crippen LogP contribution in [-0.2, 0) is 14.6 Å². The zero-order valence-corrected chi connectivity index (χ0v) is 11.6. The van der Waals surface area contributed by atoms with Crippen LogP contribution < -0.4 is 5.32 Å². The highest BCUT2D eigenvalue weighted by Gasteiger charge is 2.39. The highest BCUT2D eigenvalue weighted by molar-refractivity contribution is 7.91. The van der Waals surface area contributed by atoms with Crippen LogP contribution >= 0.6 is 12.2 Å². The van der Waals surface area contributed by atoms with Gasteiger partial charge in [0.25, 0.3) is 5.17 Å². The Kier molecular flexibility index (Phi) is 4.17. The standard InChI is InChI=1S/C10H19NO3S2/c1-8(2)6-14-9(15)11-10(3)4-5-16(12,13)7-10/h8H,4-7H2,1-3H3,(H,11,15). The molecule has 0 aromatic carbocycles. The summed E-state index contributed by atoms with van der Waals surface area (Å²) in [6, 6.07) is 0. The molecule has 0 saturated carbocycles. The lowest BCUT2D eigenvalue weighted by molar-refractivity contribution is 0.244. The van der Waals surface area contributed by atoms with Gasteiger partial charge >= 0.3 is 0 Å². The second-order valence-electron chi connectivity index (χ2n) is 5.02. The molecule has 16 heavy (non-hydrogen) atoms. The molecule has 1 saturated heterocycles. The third kappa shape index (κ3) is 4.25. The summed E-state index contributed by atoms with van der Waals surface area (Å²) >= 11 is 5.03. The minimum absolute atomic E-state index is 0.130. The zero-order chi connectivity index (χ0) is 12.4. The maximum absolute atomic E-state index is 11.4. The molecule has 0 amide bonds. The maximum atomic E-state index is 11.4. The van der Waals surface area contributed by atoms with E-state index >= 15 is 0 Å². The summed E-state index contributed by atoms with van der Waals surface area (Å²) in [7, 11) is -2.91. The van der Waals surface area contributed by atoms with Gasteiger partial charge in [0.05, 0.1) is 23.7 Å². The van der Waals surface area contributed by atoms with Crippen molar-refractivity contribution in [1.29, 1.82) is 0 Å². The van der Waals surface area contributed by atoms with Crippen molar-refractivity contribution in [3.63, 3.8) is 0 Å². The Labute approximate surface area is 103 Å². The third-order valence-corrected chi connectivity index (χ3v) is 4.58. The van der Waals surface area contributed by atoms with Crippen LogP contribution in [0.4, 0.5) is 0 Å². The highest BCUT2D eigenvalue weighted by Crippen LogP contribution is 2.22. The van der Waals surface area contributed by atoms with Crippen LogP contribution in [-0.4, -0.2) is 37.2 Å². The minimum Gasteiger partial charge on any atom is -0.471 e. The fourth-order valence-corrected chi connectivity index (χ4v) is 4.04. The lowest BCUT2D eigenvalue weighted by atomic mass is 10.0. The van der Waals surface area contributed by atoms with Gasteiger partial charge in [0, 0.05) is 0 Å². The molecule has 1 N–H and O–H groups in total. The number of ether oxygens (including phenoxy) is 1. The summed E-state index contributed by atoms with van der Waals surface area (Å²) in [5, 5.41) is 3.30. The van der Waals surface area contributed by atoms with Gasteiger partial charge < -0.3 is 10.1 Å². The van der Waals surface area contributed by atoms with Gasteiger partial charge in [0.2, 0.25) is 0 Å².